The molecule has 282 valence electrons. The molecule has 0 aliphatic carbocycles. The van der Waals surface area contributed by atoms with E-state index in [0.29, 0.717) is 23.8 Å². The highest BCUT2D eigenvalue weighted by Gasteiger charge is 2.41. The number of hydrogen-bond acceptors (Lipinski definition) is 7. The third kappa shape index (κ3) is 6.25. The molecule has 0 unspecified atom stereocenters. The Morgan fingerprint density at radius 2 is 1.33 bits per heavy atom. The predicted molar refractivity (Wildman–Crippen MR) is 227 cm³/mol. The molecule has 4 aromatic heterocycles. The second kappa shape index (κ2) is 14.4. The molecule has 9 aromatic rings. The summed E-state index contributed by atoms with van der Waals surface area (Å²) in [5.74, 6) is 2.08. The van der Waals surface area contributed by atoms with E-state index < -0.39 is 11.1 Å². The van der Waals surface area contributed by atoms with Crippen LogP contribution in [0.3, 0.4) is 0 Å². The van der Waals surface area contributed by atoms with Gasteiger partial charge in [-0.2, -0.15) is 0 Å². The number of aryl methyl sites for hydroxylation is 2. The maximum atomic E-state index is 10.8. The van der Waals surface area contributed by atoms with E-state index >= 15 is 0 Å². The summed E-state index contributed by atoms with van der Waals surface area (Å²) in [6, 6.07) is 47.1. The average Bonchev–Trinajstić information content (AvgIpc) is 3.96. The van der Waals surface area contributed by atoms with Gasteiger partial charge < -0.3 is 14.1 Å². The number of aromatic nitrogens is 7. The van der Waals surface area contributed by atoms with Crippen LogP contribution < -0.4 is 0 Å². The van der Waals surface area contributed by atoms with Gasteiger partial charge in [0.2, 0.25) is 5.82 Å². The molecule has 1 N–H and O–H groups in total. The molecule has 4 heterocycles. The van der Waals surface area contributed by atoms with Crippen LogP contribution in [0.1, 0.15) is 60.1 Å². The fourth-order valence-electron chi connectivity index (χ4n) is 7.83. The van der Waals surface area contributed by atoms with Crippen LogP contribution in [0.2, 0.25) is 0 Å². The van der Waals surface area contributed by atoms with Crippen LogP contribution in [0.25, 0.3) is 44.8 Å². The molecule has 0 spiro atoms. The molecule has 0 fully saturated rings. The van der Waals surface area contributed by atoms with Gasteiger partial charge >= 0.3 is 0 Å². The molecular formula is C47H40BrN7O2. The summed E-state index contributed by atoms with van der Waals surface area (Å²) in [4.78, 5) is 11.6. The standard InChI is InChI=1S/C47H40BrN7O2/c1-5-40-50-42-30(2)27-39(46(3,4)56)49-45(42)54(40)29-31-25-26-38-37(28-31)41(48)43(57-38)35-23-15-16-24-36(35)44-51-53-55(52-44)47(32-17-9-6-10-18-32,33-19-11-7-12-20-33)34-21-13-8-14-22-34/h6-28,56H,5,29H2,1-4H3. The van der Waals surface area contributed by atoms with E-state index in [4.69, 9.17) is 29.8 Å². The predicted octanol–water partition coefficient (Wildman–Crippen LogP) is 10.2. The van der Waals surface area contributed by atoms with Crippen molar-refractivity contribution in [1.29, 1.82) is 0 Å². The summed E-state index contributed by atoms with van der Waals surface area (Å²) in [6.07, 6.45) is 0.744. The zero-order chi connectivity index (χ0) is 39.3. The van der Waals surface area contributed by atoms with Gasteiger partial charge in [0.15, 0.2) is 11.2 Å². The maximum absolute atomic E-state index is 10.8. The first-order chi connectivity index (χ1) is 27.7. The van der Waals surface area contributed by atoms with Crippen LogP contribution in [-0.2, 0) is 24.1 Å². The first-order valence-electron chi connectivity index (χ1n) is 19.0. The lowest BCUT2D eigenvalue weighted by molar-refractivity contribution is 0.0740. The molecule has 9 rings (SSSR count). The number of furan rings is 1. The Hall–Kier alpha value is -6.23. The molecule has 0 saturated heterocycles. The first kappa shape index (κ1) is 36.4. The molecule has 10 heteroatoms. The second-order valence-corrected chi connectivity index (χ2v) is 15.6. The third-order valence-electron chi connectivity index (χ3n) is 10.6. The Morgan fingerprint density at radius 3 is 1.93 bits per heavy atom. The molecule has 0 bridgehead atoms. The number of tetrazole rings is 1. The van der Waals surface area contributed by atoms with E-state index in [2.05, 4.69) is 76.0 Å². The van der Waals surface area contributed by atoms with Gasteiger partial charge in [0.25, 0.3) is 0 Å². The molecule has 5 aromatic carbocycles. The highest BCUT2D eigenvalue weighted by Crippen LogP contribution is 2.43. The van der Waals surface area contributed by atoms with Crippen molar-refractivity contribution in [3.05, 3.63) is 183 Å². The summed E-state index contributed by atoms with van der Waals surface area (Å²) in [6.45, 7) is 8.19. The number of rotatable bonds is 10. The van der Waals surface area contributed by atoms with Crippen molar-refractivity contribution in [2.75, 3.05) is 0 Å². The van der Waals surface area contributed by atoms with Gasteiger partial charge in [-0.15, -0.1) is 15.0 Å². The summed E-state index contributed by atoms with van der Waals surface area (Å²) in [5, 5.41) is 26.5. The minimum atomic E-state index is -1.08. The van der Waals surface area contributed by atoms with E-state index in [1.165, 1.54) is 0 Å². The smallest absolute Gasteiger partial charge is 0.205 e. The largest absolute Gasteiger partial charge is 0.455 e. The number of hydrogen-bond donors (Lipinski definition) is 1. The zero-order valence-corrected chi connectivity index (χ0v) is 33.6. The Balaban J connectivity index is 1.13. The number of nitrogens with zero attached hydrogens (tertiary/aromatic N) is 7. The van der Waals surface area contributed by atoms with Crippen LogP contribution in [0.5, 0.6) is 0 Å². The number of benzene rings is 5. The number of fused-ring (bicyclic) bond motifs is 2. The minimum absolute atomic E-state index is 0.470. The summed E-state index contributed by atoms with van der Waals surface area (Å²) >= 11 is 3.93. The topological polar surface area (TPSA) is 108 Å². The number of halogens is 1. The molecule has 0 radical (unpaired) electrons. The number of aliphatic hydroxyl groups is 1. The Kier molecular flexibility index (Phi) is 9.18. The Labute approximate surface area is 338 Å². The van der Waals surface area contributed by atoms with Crippen molar-refractivity contribution in [1.82, 2.24) is 34.7 Å². The molecule has 57 heavy (non-hydrogen) atoms. The van der Waals surface area contributed by atoms with E-state index in [-0.39, 0.29) is 0 Å². The maximum Gasteiger partial charge on any atom is 0.205 e. The summed E-state index contributed by atoms with van der Waals surface area (Å²) < 4.78 is 9.60. The van der Waals surface area contributed by atoms with E-state index in [0.717, 1.165) is 77.8 Å². The van der Waals surface area contributed by atoms with Crippen LogP contribution in [0.15, 0.2) is 148 Å². The lowest BCUT2D eigenvalue weighted by atomic mass is 9.77. The Bertz CT molecular complexity index is 2780. The number of pyridine rings is 1. The fourth-order valence-corrected chi connectivity index (χ4v) is 8.43. The third-order valence-corrected chi connectivity index (χ3v) is 11.4. The molecule has 0 aliphatic rings. The van der Waals surface area contributed by atoms with Gasteiger partial charge in [-0.3, -0.25) is 0 Å². The lowest BCUT2D eigenvalue weighted by Gasteiger charge is -2.34. The summed E-state index contributed by atoms with van der Waals surface area (Å²) in [7, 11) is 0. The molecule has 0 aliphatic heterocycles. The first-order valence-corrected chi connectivity index (χ1v) is 19.8. The van der Waals surface area contributed by atoms with E-state index in [9.17, 15) is 5.11 Å². The van der Waals surface area contributed by atoms with Crippen molar-refractivity contribution < 1.29 is 9.52 Å². The normalized spacial score (nSPS) is 12.2. The van der Waals surface area contributed by atoms with Crippen LogP contribution in [-0.4, -0.2) is 39.8 Å². The van der Waals surface area contributed by atoms with Gasteiger partial charge in [-0.1, -0.05) is 128 Å². The van der Waals surface area contributed by atoms with Gasteiger partial charge in [-0.25, -0.2) is 9.97 Å². The van der Waals surface area contributed by atoms with Crippen LogP contribution in [0, 0.1) is 6.92 Å². The van der Waals surface area contributed by atoms with Crippen LogP contribution >= 0.6 is 15.9 Å². The molecular weight excluding hydrogens is 774 g/mol. The molecule has 9 nitrogen and oxygen atoms in total. The lowest BCUT2D eigenvalue weighted by Crippen LogP contribution is -2.39. The van der Waals surface area contributed by atoms with E-state index in [1.54, 1.807) is 18.6 Å². The van der Waals surface area contributed by atoms with Gasteiger partial charge in [0.1, 0.15) is 28.3 Å². The highest BCUT2D eigenvalue weighted by molar-refractivity contribution is 9.10. The van der Waals surface area contributed by atoms with Gasteiger partial charge in [0, 0.05) is 22.9 Å². The second-order valence-electron chi connectivity index (χ2n) is 14.9. The van der Waals surface area contributed by atoms with E-state index in [1.807, 2.05) is 97.9 Å². The van der Waals surface area contributed by atoms with Gasteiger partial charge in [-0.05, 0) is 87.9 Å². The van der Waals surface area contributed by atoms with Crippen molar-refractivity contribution in [2.24, 2.45) is 0 Å². The zero-order valence-electron chi connectivity index (χ0n) is 32.1. The molecule has 0 atom stereocenters. The highest BCUT2D eigenvalue weighted by atomic mass is 79.9. The SMILES string of the molecule is CCc1nc2c(C)cc(C(C)(C)O)nc2n1Cc1ccc2oc(-c3ccccc3-c3nnn(C(c4ccccc4)(c4ccccc4)c4ccccc4)n3)c(Br)c2c1. The van der Waals surface area contributed by atoms with Crippen molar-refractivity contribution in [3.63, 3.8) is 0 Å². The quantitative estimate of drug-likeness (QED) is 0.137. The van der Waals surface area contributed by atoms with Gasteiger partial charge in [0.05, 0.1) is 16.7 Å². The number of imidazole rings is 1. The molecule has 0 saturated carbocycles. The monoisotopic (exact) mass is 813 g/mol. The minimum Gasteiger partial charge on any atom is -0.455 e. The fraction of sp³-hybridized carbons (Fsp3) is 0.170. The van der Waals surface area contributed by atoms with Crippen molar-refractivity contribution in [3.8, 4) is 22.7 Å². The Morgan fingerprint density at radius 1 is 0.737 bits per heavy atom. The summed E-state index contributed by atoms with van der Waals surface area (Å²) in [5.41, 5.74) is 7.70. The van der Waals surface area contributed by atoms with Crippen LogP contribution in [0.4, 0.5) is 0 Å². The average molecular weight is 815 g/mol. The van der Waals surface area contributed by atoms with Crippen molar-refractivity contribution >= 4 is 38.1 Å². The molecule has 0 amide bonds. The van der Waals surface area contributed by atoms with Crippen molar-refractivity contribution in [2.45, 2.75) is 51.8 Å².